The molecule has 0 unspecified atom stereocenters. The summed E-state index contributed by atoms with van der Waals surface area (Å²) in [5.74, 6) is 0.343. The van der Waals surface area contributed by atoms with Gasteiger partial charge in [0.15, 0.2) is 5.75 Å². The summed E-state index contributed by atoms with van der Waals surface area (Å²) in [6, 6.07) is 2.75. The summed E-state index contributed by atoms with van der Waals surface area (Å²) in [5, 5.41) is 16.8. The Labute approximate surface area is 91.0 Å². The first-order valence-electron chi connectivity index (χ1n) is 4.07. The van der Waals surface area contributed by atoms with Crippen molar-refractivity contribution in [2.24, 2.45) is 4.99 Å². The van der Waals surface area contributed by atoms with Crippen molar-refractivity contribution in [2.75, 3.05) is 0 Å². The zero-order valence-corrected chi connectivity index (χ0v) is 8.22. The number of hydrogen-bond donors (Lipinski definition) is 0. The number of aliphatic imine (C=N–C) groups is 1. The number of nitriles is 2. The molecule has 0 saturated heterocycles. The second-order valence-corrected chi connectivity index (χ2v) is 2.68. The van der Waals surface area contributed by atoms with Gasteiger partial charge >= 0.3 is 0 Å². The van der Waals surface area contributed by atoms with Crippen molar-refractivity contribution in [3.63, 3.8) is 0 Å². The summed E-state index contributed by atoms with van der Waals surface area (Å²) >= 11 is 0. The zero-order valence-electron chi connectivity index (χ0n) is 8.22. The van der Waals surface area contributed by atoms with Gasteiger partial charge in [-0.3, -0.25) is 0 Å². The first kappa shape index (κ1) is 11.3. The zero-order chi connectivity index (χ0) is 12.0. The lowest BCUT2D eigenvalue weighted by molar-refractivity contribution is 0.490. The second kappa shape index (κ2) is 5.16. The molecule has 0 radical (unpaired) electrons. The molecule has 0 aliphatic carbocycles. The summed E-state index contributed by atoms with van der Waals surface area (Å²) in [6.45, 7) is 1.66. The lowest BCUT2D eigenvalue weighted by Crippen LogP contribution is -1.89. The normalized spacial score (nSPS) is 8.19. The van der Waals surface area contributed by atoms with E-state index in [-0.39, 0.29) is 17.2 Å². The van der Waals surface area contributed by atoms with Crippen LogP contribution in [0.4, 0.5) is 5.69 Å². The van der Waals surface area contributed by atoms with Crippen LogP contribution in [-0.2, 0) is 4.79 Å². The van der Waals surface area contributed by atoms with E-state index in [0.29, 0.717) is 5.56 Å². The van der Waals surface area contributed by atoms with Crippen LogP contribution in [0.2, 0.25) is 0 Å². The van der Waals surface area contributed by atoms with Crippen LogP contribution in [0.1, 0.15) is 5.56 Å². The Hall–Kier alpha value is -2.82. The molecule has 0 fully saturated rings. The fourth-order valence-corrected chi connectivity index (χ4v) is 1.08. The topological polar surface area (TPSA) is 95.5 Å². The minimum atomic E-state index is 0.0763. The van der Waals surface area contributed by atoms with Crippen LogP contribution in [0.3, 0.4) is 0 Å². The van der Waals surface area contributed by atoms with Gasteiger partial charge in [0.2, 0.25) is 6.08 Å². The van der Waals surface area contributed by atoms with E-state index in [2.05, 4.69) is 14.5 Å². The van der Waals surface area contributed by atoms with E-state index >= 15 is 0 Å². The molecule has 78 valence electrons. The second-order valence-electron chi connectivity index (χ2n) is 2.68. The van der Waals surface area contributed by atoms with Gasteiger partial charge in [-0.1, -0.05) is 0 Å². The van der Waals surface area contributed by atoms with Crippen LogP contribution in [0.25, 0.3) is 0 Å². The summed E-state index contributed by atoms with van der Waals surface area (Å²) in [7, 11) is 0. The predicted octanol–water partition coefficient (Wildman–Crippen LogP) is 1.68. The highest BCUT2D eigenvalue weighted by molar-refractivity contribution is 5.62. The van der Waals surface area contributed by atoms with Crippen molar-refractivity contribution in [1.82, 2.24) is 0 Å². The summed E-state index contributed by atoms with van der Waals surface area (Å²) in [5.41, 5.74) is 0.657. The molecular weight excluding hydrogens is 210 g/mol. The monoisotopic (exact) mass is 215 g/mol. The largest absolute Gasteiger partial charge is 0.388 e. The smallest absolute Gasteiger partial charge is 0.292 e. The molecule has 0 aliphatic rings. The van der Waals surface area contributed by atoms with Crippen LogP contribution in [0.15, 0.2) is 17.1 Å². The highest BCUT2D eigenvalue weighted by Crippen LogP contribution is 2.34. The molecule has 0 bridgehead atoms. The average Bonchev–Trinajstić information content (AvgIpc) is 2.25. The van der Waals surface area contributed by atoms with Crippen molar-refractivity contribution in [3.8, 4) is 24.0 Å². The molecule has 6 heteroatoms. The van der Waals surface area contributed by atoms with Crippen molar-refractivity contribution >= 4 is 11.8 Å². The van der Waals surface area contributed by atoms with Gasteiger partial charge in [-0.05, 0) is 18.6 Å². The maximum absolute atomic E-state index is 10.1. The van der Waals surface area contributed by atoms with Crippen LogP contribution in [-0.4, -0.2) is 6.08 Å². The van der Waals surface area contributed by atoms with E-state index < -0.39 is 0 Å². The maximum Gasteiger partial charge on any atom is 0.292 e. The Morgan fingerprint density at radius 1 is 1.19 bits per heavy atom. The minimum Gasteiger partial charge on any atom is -0.388 e. The molecule has 0 aliphatic heterocycles. The molecule has 0 heterocycles. The minimum absolute atomic E-state index is 0.0763. The van der Waals surface area contributed by atoms with Crippen molar-refractivity contribution < 1.29 is 14.3 Å². The quantitative estimate of drug-likeness (QED) is 0.434. The van der Waals surface area contributed by atoms with Crippen LogP contribution < -0.4 is 9.47 Å². The third-order valence-electron chi connectivity index (χ3n) is 1.73. The van der Waals surface area contributed by atoms with Gasteiger partial charge in [-0.2, -0.15) is 4.99 Å². The van der Waals surface area contributed by atoms with Gasteiger partial charge in [-0.25, -0.2) is 4.79 Å². The Morgan fingerprint density at radius 3 is 2.38 bits per heavy atom. The molecule has 0 N–H and O–H groups in total. The van der Waals surface area contributed by atoms with Gasteiger partial charge in [0.25, 0.3) is 12.5 Å². The lowest BCUT2D eigenvalue weighted by Gasteiger charge is -2.05. The number of benzene rings is 1. The molecule has 0 spiro atoms. The SMILES string of the molecule is Cc1cc(OC#N)c(N=C=O)cc1OC#N. The lowest BCUT2D eigenvalue weighted by atomic mass is 10.2. The van der Waals surface area contributed by atoms with Gasteiger partial charge in [-0.15, -0.1) is 10.5 Å². The first-order chi connectivity index (χ1) is 7.72. The molecule has 16 heavy (non-hydrogen) atoms. The number of carbonyl (C=O) groups excluding carboxylic acids is 1. The fourth-order valence-electron chi connectivity index (χ4n) is 1.08. The number of nitrogens with zero attached hydrogens (tertiary/aromatic N) is 3. The summed E-state index contributed by atoms with van der Waals surface area (Å²) < 4.78 is 9.23. The number of rotatable bonds is 3. The molecular formula is C10H5N3O3. The van der Waals surface area contributed by atoms with E-state index in [1.54, 1.807) is 6.92 Å². The molecule has 0 atom stereocenters. The molecule has 0 saturated carbocycles. The number of ether oxygens (including phenoxy) is 2. The molecule has 0 aromatic heterocycles. The van der Waals surface area contributed by atoms with Gasteiger partial charge in [0.05, 0.1) is 0 Å². The fraction of sp³-hybridized carbons (Fsp3) is 0.100. The molecule has 0 amide bonds. The van der Waals surface area contributed by atoms with Gasteiger partial charge in [0, 0.05) is 6.07 Å². The Balaban J connectivity index is 3.32. The number of isocyanates is 1. The number of aryl methyl sites for hydroxylation is 1. The molecule has 6 nitrogen and oxygen atoms in total. The molecule has 1 aromatic carbocycles. The highest BCUT2D eigenvalue weighted by Gasteiger charge is 2.09. The van der Waals surface area contributed by atoms with E-state index in [0.717, 1.165) is 0 Å². The van der Waals surface area contributed by atoms with Crippen molar-refractivity contribution in [3.05, 3.63) is 17.7 Å². The van der Waals surface area contributed by atoms with Crippen LogP contribution in [0.5, 0.6) is 11.5 Å². The van der Waals surface area contributed by atoms with E-state index in [1.807, 2.05) is 0 Å². The standard InChI is InChI=1S/C10H5N3O3/c1-7-2-10(16-5-12)8(13-6-14)3-9(7)15-4-11/h2-3H,1H3. The molecule has 1 rings (SSSR count). The van der Waals surface area contributed by atoms with Crippen LogP contribution in [0, 0.1) is 30.0 Å². The van der Waals surface area contributed by atoms with Gasteiger partial charge in [0.1, 0.15) is 11.4 Å². The van der Waals surface area contributed by atoms with E-state index in [1.165, 1.54) is 30.7 Å². The Kier molecular flexibility index (Phi) is 3.63. The highest BCUT2D eigenvalue weighted by atomic mass is 16.5. The van der Waals surface area contributed by atoms with Crippen LogP contribution >= 0.6 is 0 Å². The summed E-state index contributed by atoms with van der Waals surface area (Å²) in [6.07, 6.45) is 4.28. The Bertz CT molecular complexity index is 533. The third-order valence-corrected chi connectivity index (χ3v) is 1.73. The Morgan fingerprint density at radius 2 is 1.81 bits per heavy atom. The van der Waals surface area contributed by atoms with Crippen molar-refractivity contribution in [1.29, 1.82) is 10.5 Å². The first-order valence-corrected chi connectivity index (χ1v) is 4.07. The average molecular weight is 215 g/mol. The summed E-state index contributed by atoms with van der Waals surface area (Å²) in [4.78, 5) is 13.5. The number of hydrogen-bond acceptors (Lipinski definition) is 6. The van der Waals surface area contributed by atoms with E-state index in [4.69, 9.17) is 10.5 Å². The van der Waals surface area contributed by atoms with Crippen molar-refractivity contribution in [2.45, 2.75) is 6.92 Å². The maximum atomic E-state index is 10.1. The molecule has 1 aromatic rings. The van der Waals surface area contributed by atoms with E-state index in [9.17, 15) is 4.79 Å². The van der Waals surface area contributed by atoms with Gasteiger partial charge < -0.3 is 9.47 Å². The predicted molar refractivity (Wildman–Crippen MR) is 51.4 cm³/mol. The third kappa shape index (κ3) is 2.36.